The van der Waals surface area contributed by atoms with Crippen molar-refractivity contribution < 1.29 is 13.9 Å². The first kappa shape index (κ1) is 28.7. The van der Waals surface area contributed by atoms with Crippen LogP contribution in [0.2, 0.25) is 15.1 Å². The van der Waals surface area contributed by atoms with Crippen LogP contribution in [-0.2, 0) is 6.61 Å². The van der Waals surface area contributed by atoms with Gasteiger partial charge in [0.15, 0.2) is 0 Å². The first-order chi connectivity index (χ1) is 16.4. The molecule has 3 rings (SSSR count). The molecule has 0 amide bonds. The molecular weight excluding hydrogens is 463 g/mol. The van der Waals surface area contributed by atoms with Crippen molar-refractivity contribution in [1.82, 2.24) is 0 Å². The van der Waals surface area contributed by atoms with Crippen LogP contribution in [0.15, 0.2) is 42.5 Å². The molecule has 0 atom stereocenters. The molecular formula is C32H47FO2Si. The average molecular weight is 511 g/mol. The number of allylic oxidation sites excluding steroid dienone is 2. The minimum Gasteiger partial charge on any atom is -0.542 e. The first-order valence-electron chi connectivity index (χ1n) is 13.3. The number of halogens is 1. The van der Waals surface area contributed by atoms with Gasteiger partial charge in [-0.05, 0) is 79.9 Å². The monoisotopic (exact) mass is 510 g/mol. The molecule has 0 heterocycles. The van der Waals surface area contributed by atoms with E-state index in [-0.39, 0.29) is 33.0 Å². The molecule has 0 spiro atoms. The highest BCUT2D eigenvalue weighted by Crippen LogP contribution is 2.62. The first-order valence-corrected chi connectivity index (χ1v) is 15.2. The number of aliphatic hydroxyl groups is 1. The molecule has 0 unspecified atom stereocenters. The summed E-state index contributed by atoms with van der Waals surface area (Å²) in [5.41, 5.74) is 4.47. The number of aliphatic hydroxyl groups excluding tert-OH is 1. The number of hydrogen-bond acceptors (Lipinski definition) is 2. The van der Waals surface area contributed by atoms with Crippen molar-refractivity contribution in [1.29, 1.82) is 0 Å². The van der Waals surface area contributed by atoms with Gasteiger partial charge in [-0.1, -0.05) is 94.4 Å². The Morgan fingerprint density at radius 1 is 0.833 bits per heavy atom. The van der Waals surface area contributed by atoms with E-state index in [2.05, 4.69) is 82.2 Å². The lowest BCUT2D eigenvalue weighted by Gasteiger charge is -2.57. The summed E-state index contributed by atoms with van der Waals surface area (Å²) in [6.45, 7) is 25.1. The van der Waals surface area contributed by atoms with Gasteiger partial charge in [-0.2, -0.15) is 0 Å². The standard InChI is InChI=1S/C32H47FO2Si/c1-29(2,3)36(30(4,5)6,31(7,8)9)35-23-15-17-28(33)26(20-23)24-16-14-22(21-34)19-25(24)27-13-12-18-32(27,10)11/h13-17,19-20,34H,12,18,21H2,1-11H3. The highest BCUT2D eigenvalue weighted by atomic mass is 28.4. The summed E-state index contributed by atoms with van der Waals surface area (Å²) in [7, 11) is -2.53. The van der Waals surface area contributed by atoms with E-state index in [0.29, 0.717) is 5.56 Å². The maximum Gasteiger partial charge on any atom is 0.267 e. The number of rotatable bonds is 5. The van der Waals surface area contributed by atoms with E-state index < -0.39 is 8.32 Å². The van der Waals surface area contributed by atoms with E-state index >= 15 is 4.39 Å². The highest BCUT2D eigenvalue weighted by Gasteiger charge is 2.63. The molecule has 4 heteroatoms. The summed E-state index contributed by atoms with van der Waals surface area (Å²) >= 11 is 0. The zero-order chi connectivity index (χ0) is 27.3. The van der Waals surface area contributed by atoms with Crippen LogP contribution in [0.3, 0.4) is 0 Å². The molecule has 198 valence electrons. The molecule has 0 aliphatic heterocycles. The highest BCUT2D eigenvalue weighted by molar-refractivity contribution is 6.82. The van der Waals surface area contributed by atoms with Gasteiger partial charge in [0.25, 0.3) is 8.32 Å². The molecule has 2 aromatic carbocycles. The molecule has 1 aliphatic rings. The fourth-order valence-electron chi connectivity index (χ4n) is 7.40. The van der Waals surface area contributed by atoms with Gasteiger partial charge < -0.3 is 9.53 Å². The van der Waals surface area contributed by atoms with Crippen LogP contribution in [0.1, 0.15) is 100 Å². The summed E-state index contributed by atoms with van der Waals surface area (Å²) in [6.07, 6.45) is 4.34. The number of benzene rings is 2. The average Bonchev–Trinajstić information content (AvgIpc) is 3.08. The summed E-state index contributed by atoms with van der Waals surface area (Å²) in [5, 5.41) is 9.69. The Balaban J connectivity index is 2.23. The largest absolute Gasteiger partial charge is 0.542 e. The van der Waals surface area contributed by atoms with Crippen molar-refractivity contribution in [3.63, 3.8) is 0 Å². The lowest BCUT2D eigenvalue weighted by atomic mass is 9.79. The normalized spacial score (nSPS) is 16.8. The van der Waals surface area contributed by atoms with Crippen LogP contribution in [0, 0.1) is 11.2 Å². The molecule has 2 aromatic rings. The molecule has 36 heavy (non-hydrogen) atoms. The molecule has 0 aromatic heterocycles. The van der Waals surface area contributed by atoms with Crippen LogP contribution >= 0.6 is 0 Å². The Bertz CT molecular complexity index is 1100. The fourth-order valence-corrected chi connectivity index (χ4v) is 15.5. The molecule has 0 bridgehead atoms. The van der Waals surface area contributed by atoms with Crippen LogP contribution in [0.25, 0.3) is 16.7 Å². The third kappa shape index (κ3) is 4.96. The predicted molar refractivity (Wildman–Crippen MR) is 154 cm³/mol. The zero-order valence-electron chi connectivity index (χ0n) is 24.4. The van der Waals surface area contributed by atoms with Gasteiger partial charge in [-0.15, -0.1) is 0 Å². The molecule has 1 N–H and O–H groups in total. The van der Waals surface area contributed by atoms with Crippen LogP contribution in [0.5, 0.6) is 5.75 Å². The van der Waals surface area contributed by atoms with E-state index in [9.17, 15) is 5.11 Å². The Labute approximate surface area is 220 Å². The second kappa shape index (κ2) is 9.44. The minimum atomic E-state index is -2.53. The molecule has 0 radical (unpaired) electrons. The second-order valence-electron chi connectivity index (χ2n) is 14.3. The van der Waals surface area contributed by atoms with Crippen LogP contribution in [0.4, 0.5) is 4.39 Å². The lowest BCUT2D eigenvalue weighted by molar-refractivity contribution is 0.282. The van der Waals surface area contributed by atoms with Gasteiger partial charge in [0.05, 0.1) is 6.61 Å². The van der Waals surface area contributed by atoms with Gasteiger partial charge in [-0.25, -0.2) is 4.39 Å². The summed E-state index contributed by atoms with van der Waals surface area (Å²) in [6, 6.07) is 11.1. The van der Waals surface area contributed by atoms with Crippen LogP contribution in [-0.4, -0.2) is 13.4 Å². The van der Waals surface area contributed by atoms with Gasteiger partial charge in [0, 0.05) is 5.56 Å². The Hall–Kier alpha value is -1.91. The van der Waals surface area contributed by atoms with Gasteiger partial charge in [0.1, 0.15) is 11.6 Å². The predicted octanol–water partition coefficient (Wildman–Crippen LogP) is 9.91. The second-order valence-corrected chi connectivity index (χ2v) is 20.3. The van der Waals surface area contributed by atoms with Gasteiger partial charge in [0.2, 0.25) is 0 Å². The maximum atomic E-state index is 15.5. The van der Waals surface area contributed by atoms with Crippen molar-refractivity contribution in [2.24, 2.45) is 5.41 Å². The topological polar surface area (TPSA) is 29.5 Å². The summed E-state index contributed by atoms with van der Waals surface area (Å²) in [5.74, 6) is 0.473. The van der Waals surface area contributed by atoms with Crippen molar-refractivity contribution >= 4 is 13.9 Å². The summed E-state index contributed by atoms with van der Waals surface area (Å²) < 4.78 is 22.7. The molecule has 1 aliphatic carbocycles. The molecule has 0 saturated carbocycles. The van der Waals surface area contributed by atoms with E-state index in [1.807, 2.05) is 24.3 Å². The third-order valence-electron chi connectivity index (χ3n) is 8.07. The van der Waals surface area contributed by atoms with Crippen molar-refractivity contribution in [3.05, 3.63) is 59.4 Å². The van der Waals surface area contributed by atoms with E-state index in [4.69, 9.17) is 4.43 Å². The van der Waals surface area contributed by atoms with Gasteiger partial charge in [-0.3, -0.25) is 0 Å². The van der Waals surface area contributed by atoms with E-state index in [0.717, 1.165) is 35.3 Å². The minimum absolute atomic E-state index is 0.000186. The Morgan fingerprint density at radius 3 is 1.89 bits per heavy atom. The van der Waals surface area contributed by atoms with Crippen molar-refractivity contribution in [2.75, 3.05) is 0 Å². The lowest BCUT2D eigenvalue weighted by Crippen LogP contribution is -2.63. The Morgan fingerprint density at radius 2 is 1.42 bits per heavy atom. The number of hydrogen-bond donors (Lipinski definition) is 1. The maximum absolute atomic E-state index is 15.5. The van der Waals surface area contributed by atoms with Gasteiger partial charge >= 0.3 is 0 Å². The van der Waals surface area contributed by atoms with E-state index in [1.54, 1.807) is 12.1 Å². The summed E-state index contributed by atoms with van der Waals surface area (Å²) in [4.78, 5) is 0. The van der Waals surface area contributed by atoms with E-state index in [1.165, 1.54) is 5.57 Å². The SMILES string of the molecule is CC1(C)CCC=C1c1cc(CO)ccc1-c1cc(O[Si](C(C)(C)C)(C(C)(C)C)C(C)(C)C)ccc1F. The quantitative estimate of drug-likeness (QED) is 0.405. The van der Waals surface area contributed by atoms with Crippen LogP contribution < -0.4 is 4.43 Å². The smallest absolute Gasteiger partial charge is 0.267 e. The third-order valence-corrected chi connectivity index (χ3v) is 15.0. The zero-order valence-corrected chi connectivity index (χ0v) is 25.4. The molecule has 0 fully saturated rings. The van der Waals surface area contributed by atoms with Crippen molar-refractivity contribution in [2.45, 2.75) is 111 Å². The molecule has 0 saturated heterocycles. The fraction of sp³-hybridized carbons (Fsp3) is 0.562. The van der Waals surface area contributed by atoms with Crippen molar-refractivity contribution in [3.8, 4) is 16.9 Å². The molecule has 2 nitrogen and oxygen atoms in total. The Kier molecular flexibility index (Phi) is 7.51.